The molecule has 0 bridgehead atoms. The Balaban J connectivity index is 2.24. The second kappa shape index (κ2) is 6.58. The molecule has 1 aliphatic carbocycles. The van der Waals surface area contributed by atoms with Crippen LogP contribution in [0.1, 0.15) is 43.7 Å². The summed E-state index contributed by atoms with van der Waals surface area (Å²) in [5.74, 6) is -1.14. The highest BCUT2D eigenvalue weighted by atomic mass is 32.2. The number of carboxylic acid groups (broad SMARTS) is 1. The van der Waals surface area contributed by atoms with E-state index < -0.39 is 22.0 Å². The van der Waals surface area contributed by atoms with Crippen molar-refractivity contribution in [1.29, 1.82) is 0 Å². The molecule has 0 aliphatic heterocycles. The van der Waals surface area contributed by atoms with Gasteiger partial charge in [0.2, 0.25) is 10.0 Å². The molecule has 0 saturated heterocycles. The Morgan fingerprint density at radius 1 is 1.29 bits per heavy atom. The first-order valence-corrected chi connectivity index (χ1v) is 8.79. The third kappa shape index (κ3) is 3.83. The second-order valence-corrected chi connectivity index (χ2v) is 7.15. The van der Waals surface area contributed by atoms with Crippen LogP contribution in [0.2, 0.25) is 0 Å². The molecule has 1 aromatic rings. The summed E-state index contributed by atoms with van der Waals surface area (Å²) in [5.41, 5.74) is 2.26. The Morgan fingerprint density at radius 3 is 2.57 bits per heavy atom. The molecule has 0 heterocycles. The van der Waals surface area contributed by atoms with Crippen molar-refractivity contribution in [1.82, 2.24) is 4.72 Å². The predicted octanol–water partition coefficient (Wildman–Crippen LogP) is 2.10. The van der Waals surface area contributed by atoms with Crippen LogP contribution < -0.4 is 4.72 Å². The molecule has 1 aromatic carbocycles. The first kappa shape index (κ1) is 16.0. The number of carbonyl (C=O) groups is 1. The summed E-state index contributed by atoms with van der Waals surface area (Å²) in [6, 6.07) is 4.02. The number of carboxylic acids is 1. The largest absolute Gasteiger partial charge is 0.480 e. The molecule has 6 heteroatoms. The van der Waals surface area contributed by atoms with E-state index in [2.05, 4.69) is 4.72 Å². The van der Waals surface area contributed by atoms with Crippen LogP contribution in [0.5, 0.6) is 0 Å². The van der Waals surface area contributed by atoms with Gasteiger partial charge in [0.15, 0.2) is 0 Å². The van der Waals surface area contributed by atoms with Gasteiger partial charge < -0.3 is 5.11 Å². The summed E-state index contributed by atoms with van der Waals surface area (Å²) in [5, 5.41) is 9.08. The van der Waals surface area contributed by atoms with E-state index in [1.54, 1.807) is 12.1 Å². The molecule has 1 aliphatic rings. The number of benzene rings is 1. The number of fused-ring (bicyclic) bond motifs is 1. The Bertz CT molecular complexity index is 625. The third-order valence-electron chi connectivity index (χ3n) is 3.80. The maximum atomic E-state index is 12.3. The fourth-order valence-corrected chi connectivity index (χ4v) is 3.93. The van der Waals surface area contributed by atoms with Crippen LogP contribution in [-0.4, -0.2) is 25.5 Å². The molecule has 5 nitrogen and oxygen atoms in total. The van der Waals surface area contributed by atoms with Crippen molar-refractivity contribution in [3.05, 3.63) is 29.3 Å². The number of hydrogen-bond donors (Lipinski definition) is 2. The number of sulfonamides is 1. The molecule has 0 unspecified atom stereocenters. The highest BCUT2D eigenvalue weighted by Gasteiger charge is 2.25. The second-order valence-electron chi connectivity index (χ2n) is 5.44. The highest BCUT2D eigenvalue weighted by molar-refractivity contribution is 7.89. The molecule has 2 rings (SSSR count). The lowest BCUT2D eigenvalue weighted by atomic mass is 9.92. The van der Waals surface area contributed by atoms with Crippen molar-refractivity contribution in [2.45, 2.75) is 56.4 Å². The monoisotopic (exact) mass is 311 g/mol. The number of aliphatic carboxylic acids is 1. The van der Waals surface area contributed by atoms with Crippen LogP contribution >= 0.6 is 0 Å². The maximum Gasteiger partial charge on any atom is 0.321 e. The van der Waals surface area contributed by atoms with E-state index in [0.717, 1.165) is 31.2 Å². The van der Waals surface area contributed by atoms with Crippen molar-refractivity contribution in [3.8, 4) is 0 Å². The van der Waals surface area contributed by atoms with Gasteiger partial charge in [-0.15, -0.1) is 0 Å². The fourth-order valence-electron chi connectivity index (χ4n) is 2.65. The predicted molar refractivity (Wildman–Crippen MR) is 79.7 cm³/mol. The minimum atomic E-state index is -3.79. The number of nitrogens with one attached hydrogen (secondary N) is 1. The zero-order valence-electron chi connectivity index (χ0n) is 12.1. The van der Waals surface area contributed by atoms with Gasteiger partial charge in [-0.1, -0.05) is 19.4 Å². The van der Waals surface area contributed by atoms with Gasteiger partial charge in [-0.3, -0.25) is 4.79 Å². The zero-order valence-corrected chi connectivity index (χ0v) is 12.9. The van der Waals surface area contributed by atoms with Crippen molar-refractivity contribution in [2.24, 2.45) is 0 Å². The van der Waals surface area contributed by atoms with E-state index in [9.17, 15) is 13.2 Å². The molecule has 0 saturated carbocycles. The van der Waals surface area contributed by atoms with Gasteiger partial charge in [-0.2, -0.15) is 4.72 Å². The summed E-state index contributed by atoms with van der Waals surface area (Å²) in [6.07, 6.45) is 4.95. The first-order chi connectivity index (χ1) is 9.94. The van der Waals surface area contributed by atoms with E-state index in [0.29, 0.717) is 6.42 Å². The van der Waals surface area contributed by atoms with Crippen molar-refractivity contribution in [2.75, 3.05) is 0 Å². The normalized spacial score (nSPS) is 16.2. The summed E-state index contributed by atoms with van der Waals surface area (Å²) in [4.78, 5) is 11.3. The van der Waals surface area contributed by atoms with Crippen LogP contribution in [0.15, 0.2) is 23.1 Å². The molecule has 116 valence electrons. The Morgan fingerprint density at radius 2 is 1.95 bits per heavy atom. The van der Waals surface area contributed by atoms with Gasteiger partial charge in [0.1, 0.15) is 6.04 Å². The average Bonchev–Trinajstić information content (AvgIpc) is 2.46. The van der Waals surface area contributed by atoms with Gasteiger partial charge in [-0.05, 0) is 55.4 Å². The first-order valence-electron chi connectivity index (χ1n) is 7.31. The number of hydrogen-bond acceptors (Lipinski definition) is 3. The summed E-state index contributed by atoms with van der Waals surface area (Å²) in [6.45, 7) is 1.82. The Kier molecular flexibility index (Phi) is 5.00. The number of aryl methyl sites for hydroxylation is 2. The molecule has 0 radical (unpaired) electrons. The number of rotatable bonds is 6. The molecule has 21 heavy (non-hydrogen) atoms. The Labute approximate surface area is 125 Å². The van der Waals surface area contributed by atoms with Crippen molar-refractivity contribution in [3.63, 3.8) is 0 Å². The molecular formula is C15H21NO4S. The van der Waals surface area contributed by atoms with E-state index in [-0.39, 0.29) is 11.3 Å². The topological polar surface area (TPSA) is 83.5 Å². The lowest BCUT2D eigenvalue weighted by Crippen LogP contribution is -2.40. The maximum absolute atomic E-state index is 12.3. The summed E-state index contributed by atoms with van der Waals surface area (Å²) < 4.78 is 27.0. The molecule has 0 spiro atoms. The fraction of sp³-hybridized carbons (Fsp3) is 0.533. The molecular weight excluding hydrogens is 290 g/mol. The highest BCUT2D eigenvalue weighted by Crippen LogP contribution is 2.24. The van der Waals surface area contributed by atoms with Crippen LogP contribution in [0.4, 0.5) is 0 Å². The quantitative estimate of drug-likeness (QED) is 0.842. The van der Waals surface area contributed by atoms with Gasteiger partial charge >= 0.3 is 5.97 Å². The zero-order chi connectivity index (χ0) is 15.5. The standard InChI is InChI=1S/C15H21NO4S/c1-2-5-14(15(17)18)16-21(19,20)13-9-8-11-6-3-4-7-12(11)10-13/h8-10,14,16H,2-7H2,1H3,(H,17,18)/t14-/m0/s1. The minimum Gasteiger partial charge on any atom is -0.480 e. The smallest absolute Gasteiger partial charge is 0.321 e. The molecule has 0 aromatic heterocycles. The van der Waals surface area contributed by atoms with Crippen LogP contribution in [0, 0.1) is 0 Å². The molecule has 2 N–H and O–H groups in total. The lowest BCUT2D eigenvalue weighted by Gasteiger charge is -2.18. The third-order valence-corrected chi connectivity index (χ3v) is 5.27. The van der Waals surface area contributed by atoms with Crippen molar-refractivity contribution >= 4 is 16.0 Å². The summed E-state index contributed by atoms with van der Waals surface area (Å²) in [7, 11) is -3.79. The van der Waals surface area contributed by atoms with Crippen LogP contribution in [0.3, 0.4) is 0 Å². The van der Waals surface area contributed by atoms with Crippen molar-refractivity contribution < 1.29 is 18.3 Å². The molecule has 1 atom stereocenters. The van der Waals surface area contributed by atoms with Crippen LogP contribution in [0.25, 0.3) is 0 Å². The van der Waals surface area contributed by atoms with Gasteiger partial charge in [-0.25, -0.2) is 8.42 Å². The average molecular weight is 311 g/mol. The van der Waals surface area contributed by atoms with E-state index in [1.807, 2.05) is 13.0 Å². The van der Waals surface area contributed by atoms with E-state index in [4.69, 9.17) is 5.11 Å². The molecule has 0 fully saturated rings. The van der Waals surface area contributed by atoms with Gasteiger partial charge in [0.25, 0.3) is 0 Å². The lowest BCUT2D eigenvalue weighted by molar-refractivity contribution is -0.139. The minimum absolute atomic E-state index is 0.158. The SMILES string of the molecule is CCC[C@H](NS(=O)(=O)c1ccc2c(c1)CCCC2)C(=O)O. The molecule has 0 amide bonds. The van der Waals surface area contributed by atoms with Crippen LogP contribution in [-0.2, 0) is 27.7 Å². The summed E-state index contributed by atoms with van der Waals surface area (Å²) >= 11 is 0. The van der Waals surface area contributed by atoms with Gasteiger partial charge in [0, 0.05) is 0 Å². The van der Waals surface area contributed by atoms with E-state index in [1.165, 1.54) is 5.56 Å². The Hall–Kier alpha value is -1.40. The van der Waals surface area contributed by atoms with Gasteiger partial charge in [0.05, 0.1) is 4.90 Å². The van der Waals surface area contributed by atoms with E-state index >= 15 is 0 Å².